The largest absolute Gasteiger partial charge is 0.452 e. The summed E-state index contributed by atoms with van der Waals surface area (Å²) in [4.78, 5) is 35.2. The molecule has 0 radical (unpaired) electrons. The van der Waals surface area contributed by atoms with Crippen LogP contribution in [0.3, 0.4) is 0 Å². The minimum atomic E-state index is -1.01. The SMILES string of the molecule is C[C@H](OC(=O)[C@@H](C)Sc1ccc([N+](=O)[O-])cc1)C(=O)Nc1ccccc1Cl. The summed E-state index contributed by atoms with van der Waals surface area (Å²) >= 11 is 7.16. The van der Waals surface area contributed by atoms with Gasteiger partial charge in [-0.3, -0.25) is 19.7 Å². The first-order valence-corrected chi connectivity index (χ1v) is 9.20. The molecule has 2 atom stereocenters. The third kappa shape index (κ3) is 5.97. The first kappa shape index (κ1) is 20.7. The number of nitrogens with one attached hydrogen (secondary N) is 1. The van der Waals surface area contributed by atoms with Crippen LogP contribution in [0.1, 0.15) is 13.8 Å². The van der Waals surface area contributed by atoms with Crippen LogP contribution in [-0.4, -0.2) is 28.2 Å². The molecule has 0 saturated carbocycles. The van der Waals surface area contributed by atoms with Crippen LogP contribution in [0.25, 0.3) is 0 Å². The second-order valence-corrected chi connectivity index (χ2v) is 7.38. The Morgan fingerprint density at radius 3 is 2.37 bits per heavy atom. The van der Waals surface area contributed by atoms with Crippen LogP contribution in [0.4, 0.5) is 11.4 Å². The fraction of sp³-hybridized carbons (Fsp3) is 0.222. The van der Waals surface area contributed by atoms with Gasteiger partial charge in [0, 0.05) is 17.0 Å². The molecule has 2 aromatic carbocycles. The predicted molar refractivity (Wildman–Crippen MR) is 104 cm³/mol. The maximum absolute atomic E-state index is 12.2. The lowest BCUT2D eigenvalue weighted by Gasteiger charge is -2.17. The van der Waals surface area contributed by atoms with Crippen LogP contribution in [0.5, 0.6) is 0 Å². The molecule has 0 aromatic heterocycles. The van der Waals surface area contributed by atoms with Crippen LogP contribution in [0.2, 0.25) is 5.02 Å². The topological polar surface area (TPSA) is 98.5 Å². The quantitative estimate of drug-likeness (QED) is 0.317. The van der Waals surface area contributed by atoms with Crippen LogP contribution < -0.4 is 5.32 Å². The fourth-order valence-electron chi connectivity index (χ4n) is 2.02. The summed E-state index contributed by atoms with van der Waals surface area (Å²) in [6, 6.07) is 12.6. The Kier molecular flexibility index (Phi) is 7.20. The monoisotopic (exact) mass is 408 g/mol. The number of amides is 1. The average molecular weight is 409 g/mol. The standard InChI is InChI=1S/C18H17ClN2O5S/c1-11(17(22)20-16-6-4-3-5-15(16)19)26-18(23)12(2)27-14-9-7-13(8-10-14)21(24)25/h3-12H,1-2H3,(H,20,22)/t11-,12+/m0/s1. The van der Waals surface area contributed by atoms with Gasteiger partial charge in [0.05, 0.1) is 15.6 Å². The third-order valence-corrected chi connectivity index (χ3v) is 4.91. The number of nitro benzene ring substituents is 1. The molecular weight excluding hydrogens is 392 g/mol. The summed E-state index contributed by atoms with van der Waals surface area (Å²) < 4.78 is 5.20. The van der Waals surface area contributed by atoms with Gasteiger partial charge in [-0.15, -0.1) is 11.8 Å². The molecule has 0 aliphatic carbocycles. The van der Waals surface area contributed by atoms with Gasteiger partial charge in [-0.1, -0.05) is 23.7 Å². The van der Waals surface area contributed by atoms with Crippen molar-refractivity contribution in [1.82, 2.24) is 0 Å². The zero-order valence-corrected chi connectivity index (χ0v) is 16.1. The molecule has 2 rings (SSSR count). The van der Waals surface area contributed by atoms with Crippen molar-refractivity contribution in [2.45, 2.75) is 30.1 Å². The highest BCUT2D eigenvalue weighted by molar-refractivity contribution is 8.00. The van der Waals surface area contributed by atoms with Crippen molar-refractivity contribution >= 4 is 46.6 Å². The molecule has 0 saturated heterocycles. The Morgan fingerprint density at radius 2 is 1.78 bits per heavy atom. The van der Waals surface area contributed by atoms with Crippen molar-refractivity contribution in [2.24, 2.45) is 0 Å². The highest BCUT2D eigenvalue weighted by atomic mass is 35.5. The molecule has 2 aromatic rings. The molecular formula is C18H17ClN2O5S. The average Bonchev–Trinajstić information content (AvgIpc) is 2.63. The molecule has 0 aliphatic rings. The number of ether oxygens (including phenoxy) is 1. The number of esters is 1. The predicted octanol–water partition coefficient (Wildman–Crippen LogP) is 4.30. The van der Waals surface area contributed by atoms with E-state index in [1.54, 1.807) is 43.3 Å². The highest BCUT2D eigenvalue weighted by Gasteiger charge is 2.23. The van der Waals surface area contributed by atoms with Gasteiger partial charge >= 0.3 is 5.97 Å². The van der Waals surface area contributed by atoms with Crippen molar-refractivity contribution in [3.8, 4) is 0 Å². The van der Waals surface area contributed by atoms with Gasteiger partial charge in [0.25, 0.3) is 11.6 Å². The summed E-state index contributed by atoms with van der Waals surface area (Å²) in [5.41, 5.74) is 0.403. The first-order chi connectivity index (χ1) is 12.8. The molecule has 1 N–H and O–H groups in total. The second-order valence-electron chi connectivity index (χ2n) is 5.56. The molecule has 0 fully saturated rings. The molecule has 9 heteroatoms. The van der Waals surface area contributed by atoms with Crippen LogP contribution in [0.15, 0.2) is 53.4 Å². The molecule has 0 heterocycles. The van der Waals surface area contributed by atoms with Gasteiger partial charge in [0.2, 0.25) is 0 Å². The number of rotatable bonds is 7. The summed E-state index contributed by atoms with van der Waals surface area (Å²) in [7, 11) is 0. The van der Waals surface area contributed by atoms with Gasteiger partial charge < -0.3 is 10.1 Å². The van der Waals surface area contributed by atoms with Crippen molar-refractivity contribution in [2.75, 3.05) is 5.32 Å². The first-order valence-electron chi connectivity index (χ1n) is 7.95. The van der Waals surface area contributed by atoms with Crippen molar-refractivity contribution < 1.29 is 19.2 Å². The zero-order valence-electron chi connectivity index (χ0n) is 14.5. The van der Waals surface area contributed by atoms with Crippen LogP contribution >= 0.6 is 23.4 Å². The van der Waals surface area contributed by atoms with E-state index in [1.807, 2.05) is 0 Å². The van der Waals surface area contributed by atoms with E-state index in [9.17, 15) is 19.7 Å². The van der Waals surface area contributed by atoms with E-state index in [0.717, 1.165) is 0 Å². The highest BCUT2D eigenvalue weighted by Crippen LogP contribution is 2.26. The van der Waals surface area contributed by atoms with Crippen LogP contribution in [-0.2, 0) is 14.3 Å². The zero-order chi connectivity index (χ0) is 20.0. The summed E-state index contributed by atoms with van der Waals surface area (Å²) in [5, 5.41) is 13.0. The Bertz CT molecular complexity index is 844. The number of nitro groups is 1. The number of carbonyl (C=O) groups is 2. The number of nitrogens with zero attached hydrogens (tertiary/aromatic N) is 1. The van der Waals surface area contributed by atoms with E-state index in [-0.39, 0.29) is 5.69 Å². The van der Waals surface area contributed by atoms with E-state index in [1.165, 1.54) is 30.8 Å². The van der Waals surface area contributed by atoms with Gasteiger partial charge in [-0.2, -0.15) is 0 Å². The maximum atomic E-state index is 12.2. The number of hydrogen-bond donors (Lipinski definition) is 1. The molecule has 0 spiro atoms. The van der Waals surface area contributed by atoms with Crippen molar-refractivity contribution in [1.29, 1.82) is 0 Å². The van der Waals surface area contributed by atoms with E-state index in [4.69, 9.17) is 16.3 Å². The third-order valence-electron chi connectivity index (χ3n) is 3.49. The van der Waals surface area contributed by atoms with Gasteiger partial charge in [0.15, 0.2) is 6.10 Å². The molecule has 0 aliphatic heterocycles. The molecule has 0 unspecified atom stereocenters. The Hall–Kier alpha value is -2.58. The number of non-ortho nitro benzene ring substituents is 1. The number of thioether (sulfide) groups is 1. The minimum absolute atomic E-state index is 0.0283. The minimum Gasteiger partial charge on any atom is -0.452 e. The number of anilines is 1. The maximum Gasteiger partial charge on any atom is 0.319 e. The van der Waals surface area contributed by atoms with E-state index < -0.39 is 28.2 Å². The number of hydrogen-bond acceptors (Lipinski definition) is 6. The number of halogens is 1. The number of benzene rings is 2. The lowest BCUT2D eigenvalue weighted by atomic mass is 10.3. The lowest BCUT2D eigenvalue weighted by molar-refractivity contribution is -0.384. The van der Waals surface area contributed by atoms with Gasteiger partial charge in [-0.05, 0) is 38.1 Å². The summed E-state index contributed by atoms with van der Waals surface area (Å²) in [6.07, 6.45) is -1.01. The summed E-state index contributed by atoms with van der Waals surface area (Å²) in [5.74, 6) is -1.07. The van der Waals surface area contributed by atoms with Gasteiger partial charge in [-0.25, -0.2) is 0 Å². The van der Waals surface area contributed by atoms with Crippen molar-refractivity contribution in [3.05, 3.63) is 63.7 Å². The Morgan fingerprint density at radius 1 is 1.15 bits per heavy atom. The molecule has 1 amide bonds. The smallest absolute Gasteiger partial charge is 0.319 e. The van der Waals surface area contributed by atoms with Crippen LogP contribution in [0, 0.1) is 10.1 Å². The normalized spacial score (nSPS) is 12.7. The fourth-order valence-corrected chi connectivity index (χ4v) is 3.06. The Balaban J connectivity index is 1.90. The molecule has 0 bridgehead atoms. The Labute approximate surface area is 165 Å². The van der Waals surface area contributed by atoms with Crippen molar-refractivity contribution in [3.63, 3.8) is 0 Å². The second kappa shape index (κ2) is 9.38. The van der Waals surface area contributed by atoms with E-state index in [2.05, 4.69) is 5.32 Å². The van der Waals surface area contributed by atoms with Gasteiger partial charge in [0.1, 0.15) is 5.25 Å². The summed E-state index contributed by atoms with van der Waals surface area (Å²) in [6.45, 7) is 3.10. The molecule has 27 heavy (non-hydrogen) atoms. The number of carbonyl (C=O) groups excluding carboxylic acids is 2. The molecule has 7 nitrogen and oxygen atoms in total. The molecule has 142 valence electrons. The van der Waals surface area contributed by atoms with E-state index in [0.29, 0.717) is 15.6 Å². The number of para-hydroxylation sites is 1. The lowest BCUT2D eigenvalue weighted by Crippen LogP contribution is -2.32. The van der Waals surface area contributed by atoms with E-state index >= 15 is 0 Å².